The molecule has 0 unspecified atom stereocenters. The summed E-state index contributed by atoms with van der Waals surface area (Å²) in [7, 11) is -3.41. The predicted molar refractivity (Wildman–Crippen MR) is 71.8 cm³/mol. The van der Waals surface area contributed by atoms with Crippen LogP contribution in [0.25, 0.3) is 0 Å². The van der Waals surface area contributed by atoms with Crippen molar-refractivity contribution < 1.29 is 17.4 Å². The van der Waals surface area contributed by atoms with Crippen molar-refractivity contribution in [3.63, 3.8) is 0 Å². The molecule has 2 heterocycles. The van der Waals surface area contributed by atoms with Gasteiger partial charge in [-0.1, -0.05) is 0 Å². The van der Waals surface area contributed by atoms with Crippen molar-refractivity contribution in [1.82, 2.24) is 4.98 Å². The van der Waals surface area contributed by atoms with E-state index in [1.807, 2.05) is 4.90 Å². The molecule has 1 aromatic rings. The molecule has 0 aromatic carbocycles. The molecule has 2 rings (SSSR count). The lowest BCUT2D eigenvalue weighted by atomic mass is 10.1. The molecule has 2 N–H and O–H groups in total. The molecule has 0 atom stereocenters. The monoisotopic (exact) mass is 305 g/mol. The van der Waals surface area contributed by atoms with Gasteiger partial charge in [0.15, 0.2) is 5.13 Å². The van der Waals surface area contributed by atoms with Crippen molar-refractivity contribution in [3.05, 3.63) is 11.1 Å². The Hall–Kier alpha value is -1.19. The normalized spacial score (nSPS) is 17.6. The second kappa shape index (κ2) is 5.43. The van der Waals surface area contributed by atoms with Gasteiger partial charge in [-0.05, 0) is 12.8 Å². The van der Waals surface area contributed by atoms with Crippen molar-refractivity contribution in [1.29, 1.82) is 0 Å². The topological polar surface area (TPSA) is 103 Å². The Morgan fingerprint density at radius 2 is 2.16 bits per heavy atom. The van der Waals surface area contributed by atoms with E-state index in [-0.39, 0.29) is 11.8 Å². The molecule has 0 spiro atoms. The fourth-order valence-corrected chi connectivity index (χ4v) is 3.47. The van der Waals surface area contributed by atoms with Crippen LogP contribution in [-0.4, -0.2) is 44.8 Å². The molecule has 1 aromatic heterocycles. The third-order valence-corrected chi connectivity index (χ3v) is 4.29. The number of piperidine rings is 1. The number of amides is 1. The summed E-state index contributed by atoms with van der Waals surface area (Å²) < 4.78 is 27.0. The van der Waals surface area contributed by atoms with Crippen LogP contribution in [0.5, 0.6) is 0 Å². The fourth-order valence-electron chi connectivity index (χ4n) is 1.91. The number of rotatable bonds is 4. The van der Waals surface area contributed by atoms with E-state index in [4.69, 9.17) is 9.92 Å². The number of nitrogens with zero attached hydrogens (tertiary/aromatic N) is 2. The summed E-state index contributed by atoms with van der Waals surface area (Å²) in [5.74, 6) is -0.544. The van der Waals surface area contributed by atoms with E-state index in [1.54, 1.807) is 5.38 Å². The molecule has 7 nitrogen and oxygen atoms in total. The summed E-state index contributed by atoms with van der Waals surface area (Å²) in [6, 6.07) is 0. The lowest BCUT2D eigenvalue weighted by molar-refractivity contribution is 0.0996. The maximum absolute atomic E-state index is 11.0. The van der Waals surface area contributed by atoms with Gasteiger partial charge >= 0.3 is 0 Å². The third kappa shape index (κ3) is 3.88. The Bertz CT molecular complexity index is 561. The highest BCUT2D eigenvalue weighted by Crippen LogP contribution is 2.25. The van der Waals surface area contributed by atoms with Crippen LogP contribution in [0.2, 0.25) is 0 Å². The summed E-state index contributed by atoms with van der Waals surface area (Å²) in [5, 5.41) is 2.35. The predicted octanol–water partition coefficient (Wildman–Crippen LogP) is 0.187. The number of carbonyl (C=O) groups excluding carboxylic acids is 1. The van der Waals surface area contributed by atoms with E-state index in [1.165, 1.54) is 11.3 Å². The van der Waals surface area contributed by atoms with Crippen molar-refractivity contribution in [3.8, 4) is 0 Å². The van der Waals surface area contributed by atoms with Gasteiger partial charge in [0.05, 0.1) is 12.4 Å². The first kappa shape index (κ1) is 14.2. The lowest BCUT2D eigenvalue weighted by Gasteiger charge is -2.30. The van der Waals surface area contributed by atoms with E-state index in [0.717, 1.165) is 11.4 Å². The van der Waals surface area contributed by atoms with Gasteiger partial charge in [-0.2, -0.15) is 8.42 Å². The Balaban J connectivity index is 1.94. The molecule has 1 saturated heterocycles. The van der Waals surface area contributed by atoms with Gasteiger partial charge in [-0.3, -0.25) is 8.98 Å². The van der Waals surface area contributed by atoms with Crippen LogP contribution in [0.15, 0.2) is 5.38 Å². The molecule has 19 heavy (non-hydrogen) atoms. The van der Waals surface area contributed by atoms with E-state index in [2.05, 4.69) is 4.98 Å². The summed E-state index contributed by atoms with van der Waals surface area (Å²) >= 11 is 1.35. The number of hydrogen-bond acceptors (Lipinski definition) is 7. The Kier molecular flexibility index (Phi) is 4.07. The zero-order valence-electron chi connectivity index (χ0n) is 10.4. The number of nitrogens with two attached hydrogens (primary N) is 1. The zero-order valence-corrected chi connectivity index (χ0v) is 12.0. The number of primary amides is 1. The van der Waals surface area contributed by atoms with Crippen LogP contribution in [0, 0.1) is 0 Å². The first-order valence-electron chi connectivity index (χ1n) is 5.74. The quantitative estimate of drug-likeness (QED) is 0.796. The summed E-state index contributed by atoms with van der Waals surface area (Å²) in [6.45, 7) is 1.29. The molecule has 0 bridgehead atoms. The second-order valence-corrected chi connectivity index (χ2v) is 6.80. The molecule has 0 aliphatic carbocycles. The summed E-state index contributed by atoms with van der Waals surface area (Å²) in [5.41, 5.74) is 5.41. The smallest absolute Gasteiger partial charge is 0.268 e. The SMILES string of the molecule is CS(=O)(=O)OC1CCN(c2nc(C(N)=O)cs2)CC1. The maximum Gasteiger partial charge on any atom is 0.268 e. The van der Waals surface area contributed by atoms with Crippen LogP contribution in [0.4, 0.5) is 5.13 Å². The highest BCUT2D eigenvalue weighted by Gasteiger charge is 2.24. The molecule has 1 amide bonds. The van der Waals surface area contributed by atoms with Crippen LogP contribution in [-0.2, 0) is 14.3 Å². The molecule has 1 fully saturated rings. The molecule has 9 heteroatoms. The second-order valence-electron chi connectivity index (χ2n) is 4.37. The maximum atomic E-state index is 11.0. The van der Waals surface area contributed by atoms with Crippen LogP contribution in [0.1, 0.15) is 23.3 Å². The van der Waals surface area contributed by atoms with Gasteiger partial charge in [-0.25, -0.2) is 4.98 Å². The Morgan fingerprint density at radius 1 is 1.53 bits per heavy atom. The average Bonchev–Trinajstić information content (AvgIpc) is 2.77. The molecule has 1 aliphatic rings. The van der Waals surface area contributed by atoms with Gasteiger partial charge in [-0.15, -0.1) is 11.3 Å². The van der Waals surface area contributed by atoms with Crippen LogP contribution < -0.4 is 10.6 Å². The summed E-state index contributed by atoms with van der Waals surface area (Å²) in [6.07, 6.45) is 2.00. The van der Waals surface area contributed by atoms with E-state index in [9.17, 15) is 13.2 Å². The summed E-state index contributed by atoms with van der Waals surface area (Å²) in [4.78, 5) is 17.1. The van der Waals surface area contributed by atoms with Crippen LogP contribution in [0.3, 0.4) is 0 Å². The number of thiazole rings is 1. The minimum absolute atomic E-state index is 0.259. The van der Waals surface area contributed by atoms with E-state index in [0.29, 0.717) is 25.9 Å². The molecule has 1 aliphatic heterocycles. The molecule has 0 saturated carbocycles. The highest BCUT2D eigenvalue weighted by atomic mass is 32.2. The zero-order chi connectivity index (χ0) is 14.0. The van der Waals surface area contributed by atoms with Gasteiger partial charge in [0.2, 0.25) is 0 Å². The van der Waals surface area contributed by atoms with Crippen molar-refractivity contribution >= 4 is 32.5 Å². The highest BCUT2D eigenvalue weighted by molar-refractivity contribution is 7.86. The largest absolute Gasteiger partial charge is 0.364 e. The minimum Gasteiger partial charge on any atom is -0.364 e. The molecule has 0 radical (unpaired) electrons. The third-order valence-electron chi connectivity index (χ3n) is 2.77. The number of aromatic nitrogens is 1. The van der Waals surface area contributed by atoms with Crippen LogP contribution >= 0.6 is 11.3 Å². The van der Waals surface area contributed by atoms with Crippen molar-refractivity contribution in [2.45, 2.75) is 18.9 Å². The Morgan fingerprint density at radius 3 is 2.63 bits per heavy atom. The van der Waals surface area contributed by atoms with Gasteiger partial charge < -0.3 is 10.6 Å². The average molecular weight is 305 g/mol. The number of carbonyl (C=O) groups is 1. The van der Waals surface area contributed by atoms with Gasteiger partial charge in [0.1, 0.15) is 5.69 Å². The number of hydrogen-bond donors (Lipinski definition) is 1. The lowest BCUT2D eigenvalue weighted by Crippen LogP contribution is -2.37. The Labute approximate surface area is 115 Å². The fraction of sp³-hybridized carbons (Fsp3) is 0.600. The molecule has 106 valence electrons. The standard InChI is InChI=1S/C10H15N3O4S2/c1-19(15,16)17-7-2-4-13(5-3-7)10-12-8(6-18-10)9(11)14/h6-7H,2-5H2,1H3,(H2,11,14). The van der Waals surface area contributed by atoms with E-state index < -0.39 is 16.0 Å². The minimum atomic E-state index is -3.41. The number of anilines is 1. The van der Waals surface area contributed by atoms with Crippen molar-refractivity contribution in [2.24, 2.45) is 5.73 Å². The first-order valence-corrected chi connectivity index (χ1v) is 8.43. The molecular formula is C10H15N3O4S2. The van der Waals surface area contributed by atoms with Gasteiger partial charge in [0.25, 0.3) is 16.0 Å². The van der Waals surface area contributed by atoms with E-state index >= 15 is 0 Å². The molecular weight excluding hydrogens is 290 g/mol. The van der Waals surface area contributed by atoms with Gasteiger partial charge in [0, 0.05) is 18.5 Å². The first-order chi connectivity index (χ1) is 8.85. The van der Waals surface area contributed by atoms with Crippen molar-refractivity contribution in [2.75, 3.05) is 24.2 Å².